The van der Waals surface area contributed by atoms with Gasteiger partial charge in [-0.3, -0.25) is 14.4 Å². The molecule has 2 aromatic carbocycles. The van der Waals surface area contributed by atoms with Crippen molar-refractivity contribution in [1.82, 2.24) is 9.80 Å². The molecule has 6 atom stereocenters. The van der Waals surface area contributed by atoms with E-state index in [2.05, 4.69) is 0 Å². The Labute approximate surface area is 278 Å². The van der Waals surface area contributed by atoms with E-state index < -0.39 is 64.8 Å². The van der Waals surface area contributed by atoms with Gasteiger partial charge in [0.15, 0.2) is 23.3 Å². The number of carbonyl (C=O) groups excluding carboxylic acids is 4. The first-order valence-electron chi connectivity index (χ1n) is 15.1. The van der Waals surface area contributed by atoms with Gasteiger partial charge in [0.05, 0.1) is 25.1 Å². The highest BCUT2D eigenvalue weighted by atomic mass is 19.2. The Morgan fingerprint density at radius 1 is 0.776 bits per heavy atom. The molecule has 272 valence electrons. The van der Waals surface area contributed by atoms with Crippen molar-refractivity contribution in [2.75, 3.05) is 19.7 Å². The molecular formula is C32H40F6N4O7. The molecule has 2 amide bonds. The first-order valence-corrected chi connectivity index (χ1v) is 15.1. The first kappa shape index (κ1) is 42.7. The molecule has 1 unspecified atom stereocenters. The van der Waals surface area contributed by atoms with Crippen LogP contribution in [0.4, 0.5) is 26.3 Å². The van der Waals surface area contributed by atoms with Crippen molar-refractivity contribution in [3.63, 3.8) is 0 Å². The second-order valence-corrected chi connectivity index (χ2v) is 11.2. The molecule has 0 aromatic heterocycles. The summed E-state index contributed by atoms with van der Waals surface area (Å²) in [5.41, 5.74) is 11.4. The third-order valence-corrected chi connectivity index (χ3v) is 8.21. The number of aliphatic hydroxyl groups excluding tert-OH is 1. The fourth-order valence-corrected chi connectivity index (χ4v) is 5.85. The van der Waals surface area contributed by atoms with E-state index in [1.807, 2.05) is 0 Å². The van der Waals surface area contributed by atoms with E-state index in [0.717, 1.165) is 12.1 Å². The highest BCUT2D eigenvalue weighted by molar-refractivity contribution is 5.83. The van der Waals surface area contributed by atoms with Crippen molar-refractivity contribution < 1.29 is 60.5 Å². The quantitative estimate of drug-likeness (QED) is 0.259. The number of hydrogen-bond acceptors (Lipinski definition) is 8. The highest BCUT2D eigenvalue weighted by Gasteiger charge is 2.40. The molecule has 0 radical (unpaired) electrons. The average molecular weight is 707 g/mol. The number of aliphatic hydroxyl groups is 1. The standard InChI is InChI=1S/2C14H17F3N2O.C3H6O3.CO2/c2*1-3-19-7(2)9(6-12(18)14(19)20)10-4-8(15)5-11(16)13(10)17;4-2-1-3(5)6;2-1-3/h2*4-5,7,9,12H,3,6,18H2,1-2H3;4H,1-2H2,(H,5,6);/t7-,9-,12?;7-,9-,12+;;/m11../s1. The van der Waals surface area contributed by atoms with Gasteiger partial charge in [-0.15, -0.1) is 0 Å². The highest BCUT2D eigenvalue weighted by Crippen LogP contribution is 2.36. The number of likely N-dealkylation sites (N-methyl/N-ethyl adjacent to an activating group) is 2. The Kier molecular flexibility index (Phi) is 17.1. The van der Waals surface area contributed by atoms with Gasteiger partial charge in [0, 0.05) is 49.1 Å². The van der Waals surface area contributed by atoms with Crippen LogP contribution < -0.4 is 11.5 Å². The van der Waals surface area contributed by atoms with E-state index in [4.69, 9.17) is 31.3 Å². The topological polar surface area (TPSA) is 184 Å². The molecule has 0 spiro atoms. The summed E-state index contributed by atoms with van der Waals surface area (Å²) in [5, 5.41) is 15.6. The number of carbonyl (C=O) groups is 3. The van der Waals surface area contributed by atoms with Gasteiger partial charge in [0.1, 0.15) is 11.6 Å². The van der Waals surface area contributed by atoms with Crippen molar-refractivity contribution in [2.45, 2.75) is 83.0 Å². The summed E-state index contributed by atoms with van der Waals surface area (Å²) in [7, 11) is 0. The predicted octanol–water partition coefficient (Wildman–Crippen LogP) is 3.18. The van der Waals surface area contributed by atoms with Crippen LogP contribution in [0.25, 0.3) is 0 Å². The second kappa shape index (κ2) is 19.6. The molecule has 2 aliphatic rings. The molecule has 49 heavy (non-hydrogen) atoms. The number of piperidine rings is 2. The van der Waals surface area contributed by atoms with Gasteiger partial charge in [0.25, 0.3) is 0 Å². The van der Waals surface area contributed by atoms with Gasteiger partial charge >= 0.3 is 12.1 Å². The second-order valence-electron chi connectivity index (χ2n) is 11.2. The lowest BCUT2D eigenvalue weighted by Crippen LogP contribution is -2.55. The lowest BCUT2D eigenvalue weighted by Gasteiger charge is -2.41. The zero-order chi connectivity index (χ0) is 37.7. The molecule has 4 rings (SSSR count). The summed E-state index contributed by atoms with van der Waals surface area (Å²) in [6, 6.07) is 0.713. The van der Waals surface area contributed by atoms with Crippen LogP contribution in [0, 0.1) is 34.9 Å². The minimum atomic E-state index is -1.22. The SMILES string of the molecule is CCN1C(=O)C(N)C[C@@H](c2cc(F)cc(F)c2F)[C@H]1C.CCN1C(=O)[C@@H](N)C[C@@H](c2cc(F)cc(F)c2F)[C@H]1C.O=C(O)CCO.O=C=O. The monoisotopic (exact) mass is 706 g/mol. The van der Waals surface area contributed by atoms with Crippen molar-refractivity contribution in [3.05, 3.63) is 70.3 Å². The van der Waals surface area contributed by atoms with Gasteiger partial charge in [-0.25, -0.2) is 26.3 Å². The number of carboxylic acids is 1. The first-order chi connectivity index (χ1) is 22.9. The minimum Gasteiger partial charge on any atom is -0.481 e. The summed E-state index contributed by atoms with van der Waals surface area (Å²) < 4.78 is 81.2. The Bertz CT molecular complexity index is 1400. The molecule has 2 aromatic rings. The normalized spacial score (nSPS) is 23.2. The molecule has 0 aliphatic carbocycles. The summed E-state index contributed by atoms with van der Waals surface area (Å²) in [4.78, 5) is 52.6. The van der Waals surface area contributed by atoms with E-state index in [1.54, 1.807) is 27.7 Å². The molecule has 0 bridgehead atoms. The molecule has 11 nitrogen and oxygen atoms in total. The largest absolute Gasteiger partial charge is 0.481 e. The third kappa shape index (κ3) is 11.1. The van der Waals surface area contributed by atoms with Crippen LogP contribution in [-0.2, 0) is 24.0 Å². The number of carboxylic acid groups (broad SMARTS) is 1. The molecule has 2 heterocycles. The van der Waals surface area contributed by atoms with E-state index in [9.17, 15) is 40.7 Å². The van der Waals surface area contributed by atoms with E-state index in [1.165, 1.54) is 9.80 Å². The zero-order valence-corrected chi connectivity index (χ0v) is 27.3. The summed E-state index contributed by atoms with van der Waals surface area (Å²) >= 11 is 0. The Hall–Kier alpha value is -4.31. The van der Waals surface area contributed by atoms with Gasteiger partial charge in [-0.2, -0.15) is 9.59 Å². The smallest absolute Gasteiger partial charge is 0.373 e. The molecule has 2 aliphatic heterocycles. The van der Waals surface area contributed by atoms with Crippen LogP contribution in [0.15, 0.2) is 24.3 Å². The number of halogens is 6. The van der Waals surface area contributed by atoms with Crippen LogP contribution in [0.2, 0.25) is 0 Å². The van der Waals surface area contributed by atoms with Crippen molar-refractivity contribution in [1.29, 1.82) is 0 Å². The van der Waals surface area contributed by atoms with Crippen LogP contribution in [0.3, 0.4) is 0 Å². The van der Waals surface area contributed by atoms with Gasteiger partial charge in [-0.1, -0.05) is 0 Å². The fraction of sp³-hybridized carbons (Fsp3) is 0.500. The number of likely N-dealkylation sites (tertiary alicyclic amines) is 2. The number of aliphatic carboxylic acids is 1. The molecule has 2 saturated heterocycles. The van der Waals surface area contributed by atoms with E-state index in [0.29, 0.717) is 25.2 Å². The van der Waals surface area contributed by atoms with Crippen LogP contribution in [-0.4, -0.2) is 87.8 Å². The molecule has 6 N–H and O–H groups in total. The summed E-state index contributed by atoms with van der Waals surface area (Å²) in [5.74, 6) is -8.68. The molecule has 2 fully saturated rings. The lowest BCUT2D eigenvalue weighted by molar-refractivity contribution is -0.191. The van der Waals surface area contributed by atoms with Crippen LogP contribution >= 0.6 is 0 Å². The van der Waals surface area contributed by atoms with Gasteiger partial charge in [-0.05, 0) is 63.8 Å². The Balaban J connectivity index is 0.000000394. The van der Waals surface area contributed by atoms with Crippen molar-refractivity contribution in [3.8, 4) is 0 Å². The number of hydrogen-bond donors (Lipinski definition) is 4. The zero-order valence-electron chi connectivity index (χ0n) is 27.3. The Morgan fingerprint density at radius 3 is 1.35 bits per heavy atom. The van der Waals surface area contributed by atoms with Crippen LogP contribution in [0.5, 0.6) is 0 Å². The number of nitrogens with zero attached hydrogens (tertiary/aromatic N) is 2. The molecule has 17 heteroatoms. The van der Waals surface area contributed by atoms with Crippen molar-refractivity contribution in [2.24, 2.45) is 11.5 Å². The number of rotatable bonds is 6. The van der Waals surface area contributed by atoms with Gasteiger partial charge in [0.2, 0.25) is 11.8 Å². The van der Waals surface area contributed by atoms with Gasteiger partial charge < -0.3 is 31.5 Å². The molecular weight excluding hydrogens is 666 g/mol. The van der Waals surface area contributed by atoms with Crippen molar-refractivity contribution >= 4 is 23.9 Å². The number of benzene rings is 2. The summed E-state index contributed by atoms with van der Waals surface area (Å²) in [6.45, 7) is 7.61. The maximum Gasteiger partial charge on any atom is 0.373 e. The average Bonchev–Trinajstić information content (AvgIpc) is 3.02. The predicted molar refractivity (Wildman–Crippen MR) is 161 cm³/mol. The van der Waals surface area contributed by atoms with E-state index in [-0.39, 0.29) is 67.0 Å². The minimum absolute atomic E-state index is 0.0589. The number of nitrogens with two attached hydrogens (primary N) is 2. The summed E-state index contributed by atoms with van der Waals surface area (Å²) in [6.07, 6.45) is 0.451. The fourth-order valence-electron chi connectivity index (χ4n) is 5.85. The lowest BCUT2D eigenvalue weighted by atomic mass is 9.81. The third-order valence-electron chi connectivity index (χ3n) is 8.21. The molecule has 0 saturated carbocycles. The van der Waals surface area contributed by atoms with E-state index >= 15 is 0 Å². The maximum absolute atomic E-state index is 13.9. The maximum atomic E-state index is 13.9. The van der Waals surface area contributed by atoms with Crippen LogP contribution in [0.1, 0.15) is 69.9 Å². The number of amides is 2. The Morgan fingerprint density at radius 2 is 1.10 bits per heavy atom.